The van der Waals surface area contributed by atoms with E-state index in [1.54, 1.807) is 24.3 Å². The third-order valence-electron chi connectivity index (χ3n) is 3.27. The molecule has 1 aromatic rings. The predicted octanol–water partition coefficient (Wildman–Crippen LogP) is 0.844. The molecule has 1 heterocycles. The van der Waals surface area contributed by atoms with E-state index in [4.69, 9.17) is 10.5 Å². The molecule has 0 spiro atoms. The minimum atomic E-state index is -3.50. The van der Waals surface area contributed by atoms with E-state index in [0.29, 0.717) is 13.2 Å². The minimum absolute atomic E-state index is 0.0248. The van der Waals surface area contributed by atoms with Gasteiger partial charge in [0.15, 0.2) is 0 Å². The van der Waals surface area contributed by atoms with E-state index in [0.717, 1.165) is 24.8 Å². The second kappa shape index (κ2) is 7.57. The number of hydrogen-bond donors (Lipinski definition) is 2. The van der Waals surface area contributed by atoms with Gasteiger partial charge in [-0.1, -0.05) is 11.8 Å². The molecule has 1 unspecified atom stereocenters. The summed E-state index contributed by atoms with van der Waals surface area (Å²) in [6.07, 6.45) is 3.01. The molecule has 6 heteroatoms. The van der Waals surface area contributed by atoms with Gasteiger partial charge in [-0.2, -0.15) is 0 Å². The van der Waals surface area contributed by atoms with Crippen LogP contribution in [0.5, 0.6) is 0 Å². The standard InChI is InChI=1S/C15H20N2O3S/c16-10-3-4-13-6-8-15(9-7-13)21(18,19)17-12-14-5-1-2-11-20-14/h6-9,14,17H,1-2,5,10-12,16H2. The van der Waals surface area contributed by atoms with Crippen molar-refractivity contribution in [2.75, 3.05) is 19.7 Å². The molecule has 1 aliphatic heterocycles. The first-order valence-electron chi connectivity index (χ1n) is 7.02. The molecule has 1 saturated heterocycles. The van der Waals surface area contributed by atoms with Crippen LogP contribution < -0.4 is 10.5 Å². The first-order valence-corrected chi connectivity index (χ1v) is 8.50. The fourth-order valence-electron chi connectivity index (χ4n) is 2.12. The van der Waals surface area contributed by atoms with Crippen molar-refractivity contribution in [2.45, 2.75) is 30.3 Å². The Morgan fingerprint density at radius 2 is 2.05 bits per heavy atom. The summed E-state index contributed by atoms with van der Waals surface area (Å²) >= 11 is 0. The highest BCUT2D eigenvalue weighted by Crippen LogP contribution is 2.14. The number of sulfonamides is 1. The molecule has 2 rings (SSSR count). The number of rotatable bonds is 4. The van der Waals surface area contributed by atoms with Crippen LogP contribution in [0, 0.1) is 11.8 Å². The zero-order valence-corrected chi connectivity index (χ0v) is 12.7. The van der Waals surface area contributed by atoms with E-state index in [2.05, 4.69) is 16.6 Å². The molecule has 114 valence electrons. The van der Waals surface area contributed by atoms with Crippen LogP contribution >= 0.6 is 0 Å². The summed E-state index contributed by atoms with van der Waals surface area (Å²) in [7, 11) is -3.50. The molecule has 1 fully saturated rings. The van der Waals surface area contributed by atoms with E-state index in [1.165, 1.54) is 0 Å². The van der Waals surface area contributed by atoms with Crippen LogP contribution in [0.25, 0.3) is 0 Å². The Balaban J connectivity index is 1.98. The molecule has 1 aromatic carbocycles. The predicted molar refractivity (Wildman–Crippen MR) is 81.2 cm³/mol. The average molecular weight is 308 g/mol. The second-order valence-electron chi connectivity index (χ2n) is 4.87. The molecule has 21 heavy (non-hydrogen) atoms. The molecule has 0 saturated carbocycles. The molecule has 0 aliphatic carbocycles. The molecule has 0 bridgehead atoms. The van der Waals surface area contributed by atoms with Crippen LogP contribution in [0.1, 0.15) is 24.8 Å². The summed E-state index contributed by atoms with van der Waals surface area (Å²) in [4.78, 5) is 0.233. The third kappa shape index (κ3) is 4.83. The number of nitrogens with two attached hydrogens (primary N) is 1. The Labute approximate surface area is 125 Å². The maximum Gasteiger partial charge on any atom is 0.240 e. The van der Waals surface area contributed by atoms with Gasteiger partial charge in [0.25, 0.3) is 0 Å². The first-order chi connectivity index (χ1) is 10.1. The maximum atomic E-state index is 12.2. The number of hydrogen-bond acceptors (Lipinski definition) is 4. The normalized spacial score (nSPS) is 18.8. The summed E-state index contributed by atoms with van der Waals surface area (Å²) in [5.41, 5.74) is 6.04. The van der Waals surface area contributed by atoms with E-state index >= 15 is 0 Å². The van der Waals surface area contributed by atoms with Crippen molar-refractivity contribution in [1.82, 2.24) is 4.72 Å². The number of nitrogens with one attached hydrogen (secondary N) is 1. The Kier molecular flexibility index (Phi) is 5.76. The van der Waals surface area contributed by atoms with Crippen molar-refractivity contribution >= 4 is 10.0 Å². The van der Waals surface area contributed by atoms with Crippen molar-refractivity contribution in [3.8, 4) is 11.8 Å². The molecule has 1 aliphatic rings. The molecule has 0 radical (unpaired) electrons. The highest BCUT2D eigenvalue weighted by molar-refractivity contribution is 7.89. The van der Waals surface area contributed by atoms with E-state index in [9.17, 15) is 8.42 Å². The topological polar surface area (TPSA) is 81.4 Å². The van der Waals surface area contributed by atoms with E-state index in [1.807, 2.05) is 0 Å². The Morgan fingerprint density at radius 1 is 1.29 bits per heavy atom. The van der Waals surface area contributed by atoms with Gasteiger partial charge in [-0.15, -0.1) is 0 Å². The van der Waals surface area contributed by atoms with E-state index in [-0.39, 0.29) is 17.5 Å². The average Bonchev–Trinajstić information content (AvgIpc) is 2.52. The fraction of sp³-hybridized carbons (Fsp3) is 0.467. The molecule has 0 aromatic heterocycles. The second-order valence-corrected chi connectivity index (χ2v) is 6.64. The van der Waals surface area contributed by atoms with Gasteiger partial charge in [-0.25, -0.2) is 13.1 Å². The molecule has 0 amide bonds. The number of benzene rings is 1. The van der Waals surface area contributed by atoms with Crippen LogP contribution in [0.3, 0.4) is 0 Å². The maximum absolute atomic E-state index is 12.2. The summed E-state index contributed by atoms with van der Waals surface area (Å²) in [5.74, 6) is 5.58. The van der Waals surface area contributed by atoms with Crippen molar-refractivity contribution in [3.63, 3.8) is 0 Å². The Bertz CT molecular complexity index is 609. The van der Waals surface area contributed by atoms with Crippen LogP contribution in [-0.4, -0.2) is 34.2 Å². The zero-order valence-electron chi connectivity index (χ0n) is 11.8. The Hall–Kier alpha value is -1.39. The van der Waals surface area contributed by atoms with Gasteiger partial charge >= 0.3 is 0 Å². The van der Waals surface area contributed by atoms with Crippen LogP contribution in [0.2, 0.25) is 0 Å². The number of ether oxygens (including phenoxy) is 1. The summed E-state index contributed by atoms with van der Waals surface area (Å²) in [6, 6.07) is 6.44. The van der Waals surface area contributed by atoms with Crippen LogP contribution in [0.4, 0.5) is 0 Å². The molecule has 1 atom stereocenters. The van der Waals surface area contributed by atoms with Crippen molar-refractivity contribution < 1.29 is 13.2 Å². The molecular formula is C15H20N2O3S. The largest absolute Gasteiger partial charge is 0.377 e. The third-order valence-corrected chi connectivity index (χ3v) is 4.71. The Morgan fingerprint density at radius 3 is 2.67 bits per heavy atom. The lowest BCUT2D eigenvalue weighted by Gasteiger charge is -2.22. The van der Waals surface area contributed by atoms with Gasteiger partial charge in [-0.3, -0.25) is 0 Å². The SMILES string of the molecule is NCC#Cc1ccc(S(=O)(=O)NCC2CCCCO2)cc1. The molecular weight excluding hydrogens is 288 g/mol. The van der Waals surface area contributed by atoms with Crippen molar-refractivity contribution in [1.29, 1.82) is 0 Å². The van der Waals surface area contributed by atoms with E-state index < -0.39 is 10.0 Å². The van der Waals surface area contributed by atoms with Gasteiger partial charge in [0.05, 0.1) is 17.5 Å². The summed E-state index contributed by atoms with van der Waals surface area (Å²) in [5, 5.41) is 0. The fourth-order valence-corrected chi connectivity index (χ4v) is 3.19. The van der Waals surface area contributed by atoms with Crippen LogP contribution in [-0.2, 0) is 14.8 Å². The van der Waals surface area contributed by atoms with Crippen molar-refractivity contribution in [2.24, 2.45) is 5.73 Å². The summed E-state index contributed by atoms with van der Waals surface area (Å²) in [6.45, 7) is 1.31. The van der Waals surface area contributed by atoms with Crippen LogP contribution in [0.15, 0.2) is 29.2 Å². The first kappa shape index (κ1) is 16.0. The highest BCUT2D eigenvalue weighted by Gasteiger charge is 2.19. The smallest absolute Gasteiger partial charge is 0.240 e. The zero-order chi connectivity index (χ0) is 15.1. The van der Waals surface area contributed by atoms with Crippen molar-refractivity contribution in [3.05, 3.63) is 29.8 Å². The van der Waals surface area contributed by atoms with Gasteiger partial charge in [-0.05, 0) is 43.5 Å². The van der Waals surface area contributed by atoms with Gasteiger partial charge in [0, 0.05) is 18.7 Å². The quantitative estimate of drug-likeness (QED) is 0.808. The lowest BCUT2D eigenvalue weighted by Crippen LogP contribution is -2.35. The highest BCUT2D eigenvalue weighted by atomic mass is 32.2. The van der Waals surface area contributed by atoms with Gasteiger partial charge in [0.1, 0.15) is 0 Å². The minimum Gasteiger partial charge on any atom is -0.377 e. The van der Waals surface area contributed by atoms with Gasteiger partial charge < -0.3 is 10.5 Å². The monoisotopic (exact) mass is 308 g/mol. The lowest BCUT2D eigenvalue weighted by atomic mass is 10.1. The molecule has 3 N–H and O–H groups in total. The molecule has 5 nitrogen and oxygen atoms in total. The van der Waals surface area contributed by atoms with Gasteiger partial charge in [0.2, 0.25) is 10.0 Å². The summed E-state index contributed by atoms with van der Waals surface area (Å²) < 4.78 is 32.5. The lowest BCUT2D eigenvalue weighted by molar-refractivity contribution is 0.0200.